The molecule has 0 bridgehead atoms. The van der Waals surface area contributed by atoms with Crippen molar-refractivity contribution in [2.75, 3.05) is 0 Å². The Kier molecular flexibility index (Phi) is 4.93. The zero-order valence-corrected chi connectivity index (χ0v) is 18.0. The van der Waals surface area contributed by atoms with Crippen LogP contribution in [0.3, 0.4) is 0 Å². The molecule has 136 valence electrons. The molecule has 0 atom stereocenters. The van der Waals surface area contributed by atoms with Gasteiger partial charge in [-0.15, -0.1) is 0 Å². The molecular weight excluding hydrogens is 329 g/mol. The van der Waals surface area contributed by atoms with E-state index in [-0.39, 0.29) is 5.04 Å². The van der Waals surface area contributed by atoms with Crippen LogP contribution >= 0.6 is 0 Å². The highest BCUT2D eigenvalue weighted by Gasteiger charge is 2.52. The lowest BCUT2D eigenvalue weighted by atomic mass is 9.78. The van der Waals surface area contributed by atoms with Crippen LogP contribution in [0, 0.1) is 11.3 Å². The van der Waals surface area contributed by atoms with Crippen molar-refractivity contribution < 1.29 is 13.7 Å². The predicted octanol–water partition coefficient (Wildman–Crippen LogP) is 4.24. The predicted molar refractivity (Wildman–Crippen MR) is 105 cm³/mol. The summed E-state index contributed by atoms with van der Waals surface area (Å²) < 4.78 is 18.7. The van der Waals surface area contributed by atoms with Crippen molar-refractivity contribution in [2.24, 2.45) is 0 Å². The highest BCUT2D eigenvalue weighted by atomic mass is 28.4. The number of benzene rings is 1. The maximum absolute atomic E-state index is 9.46. The van der Waals surface area contributed by atoms with E-state index >= 15 is 0 Å². The maximum atomic E-state index is 9.46. The summed E-state index contributed by atoms with van der Waals surface area (Å²) >= 11 is 0. The lowest BCUT2D eigenvalue weighted by molar-refractivity contribution is 0.00578. The molecule has 1 saturated heterocycles. The molecule has 0 N–H and O–H groups in total. The van der Waals surface area contributed by atoms with Gasteiger partial charge in [0.1, 0.15) is 11.8 Å². The third-order valence-electron chi connectivity index (χ3n) is 5.82. The molecule has 1 aromatic carbocycles. The Balaban J connectivity index is 2.38. The zero-order chi connectivity index (χ0) is 19.3. The number of rotatable bonds is 3. The van der Waals surface area contributed by atoms with Crippen molar-refractivity contribution in [3.05, 3.63) is 23.8 Å². The molecule has 25 heavy (non-hydrogen) atoms. The molecule has 1 fully saturated rings. The first-order valence-corrected chi connectivity index (χ1v) is 11.7. The molecule has 1 aromatic rings. The van der Waals surface area contributed by atoms with Gasteiger partial charge in [0, 0.05) is 0 Å². The molecule has 0 saturated carbocycles. The lowest BCUT2D eigenvalue weighted by Gasteiger charge is -2.36. The van der Waals surface area contributed by atoms with Crippen LogP contribution in [0.5, 0.6) is 5.75 Å². The first-order valence-electron chi connectivity index (χ1n) is 8.79. The van der Waals surface area contributed by atoms with Gasteiger partial charge in [-0.05, 0) is 63.4 Å². The molecule has 4 nitrogen and oxygen atoms in total. The van der Waals surface area contributed by atoms with Crippen LogP contribution in [0.4, 0.5) is 0 Å². The molecular formula is C19H30BNO3Si. The Labute approximate surface area is 153 Å². The van der Waals surface area contributed by atoms with Gasteiger partial charge in [0.15, 0.2) is 0 Å². The minimum absolute atomic E-state index is 0.0556. The molecule has 2 rings (SSSR count). The van der Waals surface area contributed by atoms with Crippen molar-refractivity contribution in [3.63, 3.8) is 0 Å². The Hall–Kier alpha value is -1.29. The lowest BCUT2D eigenvalue weighted by Crippen LogP contribution is -2.44. The summed E-state index contributed by atoms with van der Waals surface area (Å²) in [5.41, 5.74) is 0.634. The SMILES string of the molecule is CC1(C)OB(c2ccc(C#N)c(O[Si](C)(C)C(C)(C)C)c2)OC1(C)C. The minimum Gasteiger partial charge on any atom is -0.543 e. The molecule has 0 unspecified atom stereocenters. The largest absolute Gasteiger partial charge is 0.543 e. The second-order valence-corrected chi connectivity index (χ2v) is 14.0. The van der Waals surface area contributed by atoms with E-state index in [9.17, 15) is 5.26 Å². The van der Waals surface area contributed by atoms with Crippen molar-refractivity contribution in [1.82, 2.24) is 0 Å². The smallest absolute Gasteiger partial charge is 0.494 e. The van der Waals surface area contributed by atoms with Crippen LogP contribution in [0.2, 0.25) is 18.1 Å². The topological polar surface area (TPSA) is 51.5 Å². The number of nitrogens with zero attached hydrogens (tertiary/aromatic N) is 1. The molecule has 6 heteroatoms. The summed E-state index contributed by atoms with van der Waals surface area (Å²) in [7, 11) is -2.50. The molecule has 0 aliphatic carbocycles. The molecule has 1 aliphatic rings. The van der Waals surface area contributed by atoms with Gasteiger partial charge in [-0.2, -0.15) is 5.26 Å². The van der Waals surface area contributed by atoms with Gasteiger partial charge >= 0.3 is 7.12 Å². The second kappa shape index (κ2) is 6.15. The van der Waals surface area contributed by atoms with Gasteiger partial charge < -0.3 is 13.7 Å². The third-order valence-corrected chi connectivity index (χ3v) is 10.2. The quantitative estimate of drug-likeness (QED) is 0.758. The number of hydrogen-bond acceptors (Lipinski definition) is 4. The van der Waals surface area contributed by atoms with Crippen LogP contribution in [0.25, 0.3) is 0 Å². The van der Waals surface area contributed by atoms with E-state index in [0.717, 1.165) is 5.46 Å². The van der Waals surface area contributed by atoms with Crippen molar-refractivity contribution in [3.8, 4) is 11.8 Å². The Morgan fingerprint density at radius 2 is 1.60 bits per heavy atom. The average molecular weight is 359 g/mol. The van der Waals surface area contributed by atoms with Gasteiger partial charge in [0.05, 0.1) is 16.8 Å². The van der Waals surface area contributed by atoms with Crippen LogP contribution in [-0.2, 0) is 9.31 Å². The molecule has 0 radical (unpaired) electrons. The zero-order valence-electron chi connectivity index (χ0n) is 17.0. The van der Waals surface area contributed by atoms with E-state index in [2.05, 4.69) is 39.9 Å². The fraction of sp³-hybridized carbons (Fsp3) is 0.632. The minimum atomic E-state index is -2.05. The average Bonchev–Trinajstić information content (AvgIpc) is 2.65. The number of hydrogen-bond donors (Lipinski definition) is 0. The summed E-state index contributed by atoms with van der Waals surface area (Å²) in [6.45, 7) is 19.0. The van der Waals surface area contributed by atoms with E-state index in [1.807, 2.05) is 39.8 Å². The Morgan fingerprint density at radius 1 is 1.08 bits per heavy atom. The number of nitriles is 1. The van der Waals surface area contributed by atoms with Crippen molar-refractivity contribution in [2.45, 2.75) is 77.8 Å². The van der Waals surface area contributed by atoms with E-state index in [1.54, 1.807) is 6.07 Å². The van der Waals surface area contributed by atoms with E-state index in [1.165, 1.54) is 0 Å². The van der Waals surface area contributed by atoms with Gasteiger partial charge in [0.25, 0.3) is 8.32 Å². The first kappa shape index (κ1) is 20.0. The van der Waals surface area contributed by atoms with Crippen LogP contribution in [0.1, 0.15) is 54.0 Å². The normalized spacial score (nSPS) is 19.6. The molecule has 0 spiro atoms. The summed E-state index contributed by atoms with van der Waals surface area (Å²) in [4.78, 5) is 0. The fourth-order valence-electron chi connectivity index (χ4n) is 2.27. The summed E-state index contributed by atoms with van der Waals surface area (Å²) in [6.07, 6.45) is 0. The molecule has 0 amide bonds. The Morgan fingerprint density at radius 3 is 2.04 bits per heavy atom. The monoisotopic (exact) mass is 359 g/mol. The molecule has 0 aromatic heterocycles. The highest BCUT2D eigenvalue weighted by molar-refractivity contribution is 6.74. The van der Waals surface area contributed by atoms with Crippen molar-refractivity contribution in [1.29, 1.82) is 5.26 Å². The fourth-order valence-corrected chi connectivity index (χ4v) is 3.29. The molecule has 1 heterocycles. The van der Waals surface area contributed by atoms with Crippen LogP contribution < -0.4 is 9.89 Å². The second-order valence-electron chi connectivity index (χ2n) is 9.32. The van der Waals surface area contributed by atoms with Crippen molar-refractivity contribution >= 4 is 20.9 Å². The first-order chi connectivity index (χ1) is 11.2. The molecule has 1 aliphatic heterocycles. The van der Waals surface area contributed by atoms with E-state index in [0.29, 0.717) is 11.3 Å². The van der Waals surface area contributed by atoms with E-state index < -0.39 is 26.6 Å². The highest BCUT2D eigenvalue weighted by Crippen LogP contribution is 2.39. The standard InChI is InChI=1S/C19H30BNO3Si/c1-17(2,3)25(8,9)22-16-12-15(11-10-14(16)13-21)20-23-18(4,5)19(6,7)24-20/h10-12H,1-9H3. The van der Waals surface area contributed by atoms with Gasteiger partial charge in [-0.25, -0.2) is 0 Å². The van der Waals surface area contributed by atoms with Crippen LogP contribution in [-0.4, -0.2) is 26.6 Å². The van der Waals surface area contributed by atoms with Gasteiger partial charge in [-0.3, -0.25) is 0 Å². The van der Waals surface area contributed by atoms with Gasteiger partial charge in [0.2, 0.25) is 0 Å². The summed E-state index contributed by atoms with van der Waals surface area (Å²) in [5.74, 6) is 0.626. The van der Waals surface area contributed by atoms with E-state index in [4.69, 9.17) is 13.7 Å². The van der Waals surface area contributed by atoms with Gasteiger partial charge in [-0.1, -0.05) is 26.8 Å². The summed E-state index contributed by atoms with van der Waals surface area (Å²) in [5, 5.41) is 9.52. The third kappa shape index (κ3) is 3.79. The van der Waals surface area contributed by atoms with Crippen LogP contribution in [0.15, 0.2) is 18.2 Å². The summed E-state index contributed by atoms with van der Waals surface area (Å²) in [6, 6.07) is 7.82. The Bertz CT molecular complexity index is 686. The maximum Gasteiger partial charge on any atom is 0.494 e.